The van der Waals surface area contributed by atoms with Crippen LogP contribution in [0.2, 0.25) is 0 Å². The van der Waals surface area contributed by atoms with Gasteiger partial charge in [0, 0.05) is 23.4 Å². The van der Waals surface area contributed by atoms with E-state index in [4.69, 9.17) is 4.74 Å². The number of ketones is 1. The van der Waals surface area contributed by atoms with Gasteiger partial charge in [0.2, 0.25) is 0 Å². The Kier molecular flexibility index (Phi) is 5.13. The Morgan fingerprint density at radius 1 is 1.32 bits per heavy atom. The summed E-state index contributed by atoms with van der Waals surface area (Å²) in [7, 11) is 3.59. The molecule has 6 nitrogen and oxygen atoms in total. The standard InChI is InChI=1S/C20H21N3O3S2/c1-12-21-15-5-4-13(26-3)8-14(15)19(22-12)27-9-16(24)17-6-7-18(28-17)20(25)10-23(2)11-20/h4-8,25H,9-11H2,1-3H3. The Labute approximate surface area is 171 Å². The van der Waals surface area contributed by atoms with E-state index in [1.807, 2.05) is 49.2 Å². The molecule has 1 N–H and O–H groups in total. The van der Waals surface area contributed by atoms with Crippen LogP contribution in [0.15, 0.2) is 35.4 Å². The smallest absolute Gasteiger partial charge is 0.183 e. The van der Waals surface area contributed by atoms with Crippen LogP contribution in [0.3, 0.4) is 0 Å². The summed E-state index contributed by atoms with van der Waals surface area (Å²) in [5, 5.41) is 12.2. The maximum Gasteiger partial charge on any atom is 0.183 e. The number of Topliss-reactive ketones (excluding diaryl/α,β-unsaturated/α-hetero) is 1. The van der Waals surface area contributed by atoms with Crippen molar-refractivity contribution in [3.05, 3.63) is 45.9 Å². The van der Waals surface area contributed by atoms with Crippen molar-refractivity contribution in [1.29, 1.82) is 0 Å². The fraction of sp³-hybridized carbons (Fsp3) is 0.350. The first kappa shape index (κ1) is 19.3. The van der Waals surface area contributed by atoms with Crippen molar-refractivity contribution in [1.82, 2.24) is 14.9 Å². The molecule has 3 heterocycles. The number of carbonyl (C=O) groups excluding carboxylic acids is 1. The number of aromatic nitrogens is 2. The number of likely N-dealkylation sites (tertiary alicyclic amines) is 1. The van der Waals surface area contributed by atoms with Gasteiger partial charge in [-0.05, 0) is 44.3 Å². The summed E-state index contributed by atoms with van der Waals surface area (Å²) < 4.78 is 5.30. The van der Waals surface area contributed by atoms with Gasteiger partial charge < -0.3 is 9.84 Å². The van der Waals surface area contributed by atoms with Gasteiger partial charge in [0.15, 0.2) is 5.78 Å². The van der Waals surface area contributed by atoms with Crippen LogP contribution in [0, 0.1) is 6.92 Å². The summed E-state index contributed by atoms with van der Waals surface area (Å²) >= 11 is 2.78. The molecule has 146 valence electrons. The number of rotatable bonds is 6. The number of β-amino-alcohol motifs (C(OH)–C–C–N with tert-alkyl or cyclic N) is 1. The van der Waals surface area contributed by atoms with E-state index in [1.54, 1.807) is 7.11 Å². The number of carbonyl (C=O) groups is 1. The molecule has 0 unspecified atom stereocenters. The van der Waals surface area contributed by atoms with Crippen molar-refractivity contribution in [3.63, 3.8) is 0 Å². The van der Waals surface area contributed by atoms with Gasteiger partial charge in [-0.2, -0.15) is 0 Å². The molecule has 8 heteroatoms. The highest BCUT2D eigenvalue weighted by Crippen LogP contribution is 2.36. The molecule has 0 saturated carbocycles. The number of aryl methyl sites for hydroxylation is 1. The highest BCUT2D eigenvalue weighted by atomic mass is 32.2. The number of fused-ring (bicyclic) bond motifs is 1. The van der Waals surface area contributed by atoms with E-state index in [2.05, 4.69) is 9.97 Å². The summed E-state index contributed by atoms with van der Waals surface area (Å²) in [6, 6.07) is 9.34. The van der Waals surface area contributed by atoms with E-state index < -0.39 is 5.60 Å². The Balaban J connectivity index is 1.52. The molecule has 1 aliphatic rings. The average molecular weight is 416 g/mol. The SMILES string of the molecule is COc1ccc2nc(C)nc(SCC(=O)c3ccc(C4(O)CN(C)C4)s3)c2c1. The van der Waals surface area contributed by atoms with Gasteiger partial charge in [-0.15, -0.1) is 11.3 Å². The van der Waals surface area contributed by atoms with Crippen molar-refractivity contribution >= 4 is 39.8 Å². The fourth-order valence-electron chi connectivity index (χ4n) is 3.37. The molecule has 1 saturated heterocycles. The lowest BCUT2D eigenvalue weighted by molar-refractivity contribution is -0.0891. The molecular weight excluding hydrogens is 394 g/mol. The Morgan fingerprint density at radius 3 is 2.82 bits per heavy atom. The Bertz CT molecular complexity index is 1040. The first-order valence-corrected chi connectivity index (χ1v) is 10.7. The van der Waals surface area contributed by atoms with Crippen molar-refractivity contribution < 1.29 is 14.6 Å². The number of hydrogen-bond acceptors (Lipinski definition) is 8. The van der Waals surface area contributed by atoms with Gasteiger partial charge in [-0.1, -0.05) is 11.8 Å². The van der Waals surface area contributed by atoms with E-state index in [0.29, 0.717) is 23.8 Å². The molecular formula is C20H21N3O3S2. The first-order chi connectivity index (χ1) is 13.4. The summed E-state index contributed by atoms with van der Waals surface area (Å²) in [6.45, 7) is 3.05. The van der Waals surface area contributed by atoms with Crippen LogP contribution in [-0.4, -0.2) is 58.8 Å². The number of thioether (sulfide) groups is 1. The van der Waals surface area contributed by atoms with Crippen LogP contribution in [-0.2, 0) is 5.60 Å². The number of ether oxygens (including phenoxy) is 1. The summed E-state index contributed by atoms with van der Waals surface area (Å²) in [5.74, 6) is 1.71. The number of hydrogen-bond donors (Lipinski definition) is 1. The minimum absolute atomic E-state index is 0.0323. The van der Waals surface area contributed by atoms with Gasteiger partial charge in [-0.3, -0.25) is 9.69 Å². The second-order valence-corrected chi connectivity index (χ2v) is 9.09. The summed E-state index contributed by atoms with van der Waals surface area (Å²) in [4.78, 5) is 25.2. The molecule has 28 heavy (non-hydrogen) atoms. The molecule has 4 rings (SSSR count). The summed E-state index contributed by atoms with van der Waals surface area (Å²) in [6.07, 6.45) is 0. The van der Waals surface area contributed by atoms with Crippen LogP contribution in [0.25, 0.3) is 10.9 Å². The number of nitrogens with zero attached hydrogens (tertiary/aromatic N) is 3. The number of aliphatic hydroxyl groups is 1. The van der Waals surface area contributed by atoms with E-state index in [0.717, 1.165) is 26.6 Å². The number of methoxy groups -OCH3 is 1. The van der Waals surface area contributed by atoms with Gasteiger partial charge in [0.05, 0.1) is 23.3 Å². The fourth-order valence-corrected chi connectivity index (χ4v) is 5.42. The zero-order chi connectivity index (χ0) is 19.9. The first-order valence-electron chi connectivity index (χ1n) is 8.87. The monoisotopic (exact) mass is 415 g/mol. The lowest BCUT2D eigenvalue weighted by atomic mass is 9.93. The molecule has 0 aliphatic carbocycles. The van der Waals surface area contributed by atoms with Crippen LogP contribution in [0.5, 0.6) is 5.75 Å². The molecule has 2 aromatic heterocycles. The average Bonchev–Trinajstić information content (AvgIpc) is 3.15. The van der Waals surface area contributed by atoms with E-state index in [9.17, 15) is 9.90 Å². The maximum atomic E-state index is 12.7. The number of thiophene rings is 1. The van der Waals surface area contributed by atoms with Gasteiger partial charge in [0.1, 0.15) is 22.2 Å². The molecule has 0 atom stereocenters. The van der Waals surface area contributed by atoms with Crippen molar-refractivity contribution in [2.45, 2.75) is 17.6 Å². The predicted molar refractivity (Wildman–Crippen MR) is 112 cm³/mol. The van der Waals surface area contributed by atoms with E-state index in [-0.39, 0.29) is 11.5 Å². The minimum atomic E-state index is -0.818. The zero-order valence-electron chi connectivity index (χ0n) is 15.9. The van der Waals surface area contributed by atoms with Crippen molar-refractivity contribution in [3.8, 4) is 5.75 Å². The van der Waals surface area contributed by atoms with Gasteiger partial charge in [0.25, 0.3) is 0 Å². The highest BCUT2D eigenvalue weighted by Gasteiger charge is 2.41. The van der Waals surface area contributed by atoms with Gasteiger partial charge >= 0.3 is 0 Å². The largest absolute Gasteiger partial charge is 0.497 e. The van der Waals surface area contributed by atoms with Crippen LogP contribution < -0.4 is 4.74 Å². The van der Waals surface area contributed by atoms with Crippen molar-refractivity contribution in [2.75, 3.05) is 33.0 Å². The normalized spacial score (nSPS) is 16.1. The molecule has 1 aliphatic heterocycles. The topological polar surface area (TPSA) is 75.5 Å². The lowest BCUT2D eigenvalue weighted by Gasteiger charge is -2.43. The minimum Gasteiger partial charge on any atom is -0.497 e. The van der Waals surface area contributed by atoms with E-state index >= 15 is 0 Å². The van der Waals surface area contributed by atoms with Crippen LogP contribution in [0.1, 0.15) is 20.4 Å². The number of likely N-dealkylation sites (N-methyl/N-ethyl adjacent to an activating group) is 1. The quantitative estimate of drug-likeness (QED) is 0.377. The van der Waals surface area contributed by atoms with Gasteiger partial charge in [-0.25, -0.2) is 9.97 Å². The van der Waals surface area contributed by atoms with Crippen molar-refractivity contribution in [2.24, 2.45) is 0 Å². The maximum absolute atomic E-state index is 12.7. The Hall–Kier alpha value is -2.00. The molecule has 1 fully saturated rings. The Morgan fingerprint density at radius 2 is 2.11 bits per heavy atom. The predicted octanol–water partition coefficient (Wildman–Crippen LogP) is 3.12. The van der Waals surface area contributed by atoms with E-state index in [1.165, 1.54) is 23.1 Å². The molecule has 0 bridgehead atoms. The third kappa shape index (κ3) is 3.65. The highest BCUT2D eigenvalue weighted by molar-refractivity contribution is 8.00. The lowest BCUT2D eigenvalue weighted by Crippen LogP contribution is -2.56. The number of benzene rings is 1. The van der Waals surface area contributed by atoms with Crippen LogP contribution >= 0.6 is 23.1 Å². The molecule has 0 spiro atoms. The molecule has 0 amide bonds. The summed E-state index contributed by atoms with van der Waals surface area (Å²) in [5.41, 5.74) is 0.0136. The van der Waals surface area contributed by atoms with Crippen LogP contribution in [0.4, 0.5) is 0 Å². The second kappa shape index (κ2) is 7.44. The zero-order valence-corrected chi connectivity index (χ0v) is 17.6. The molecule has 1 aromatic carbocycles. The third-order valence-corrected chi connectivity index (χ3v) is 7.03. The third-order valence-electron chi connectivity index (χ3n) is 4.72. The molecule has 0 radical (unpaired) electrons. The molecule has 3 aromatic rings. The second-order valence-electron chi connectivity index (χ2n) is 7.04.